The number of benzene rings is 1. The van der Waals surface area contributed by atoms with E-state index < -0.39 is 6.10 Å². The van der Waals surface area contributed by atoms with Crippen molar-refractivity contribution in [3.63, 3.8) is 0 Å². The molecule has 0 bridgehead atoms. The van der Waals surface area contributed by atoms with Crippen molar-refractivity contribution < 1.29 is 9.90 Å². The molecule has 1 saturated carbocycles. The Morgan fingerprint density at radius 1 is 1.28 bits per heavy atom. The summed E-state index contributed by atoms with van der Waals surface area (Å²) in [5.41, 5.74) is 3.27. The Balaban J connectivity index is 1.47. The summed E-state index contributed by atoms with van der Waals surface area (Å²) in [6.45, 7) is 7.31. The number of fused-ring (bicyclic) bond motifs is 1. The standard InChI is InChI=1S/C21H30N2O2/c1-14-4-3-9-22(12-14)13-20(24)17-7-8-19-18(11-17)10-15(2)23(19)21(25)16-5-6-16/h7-8,11,14-16,20,24H,3-6,9-10,12-13H2,1-2H3/t14-,15-,20+/m1/s1. The molecule has 0 radical (unpaired) electrons. The van der Waals surface area contributed by atoms with Crippen molar-refractivity contribution in [3.05, 3.63) is 29.3 Å². The molecule has 1 aliphatic carbocycles. The number of aliphatic hydroxyl groups is 1. The van der Waals surface area contributed by atoms with Gasteiger partial charge in [-0.3, -0.25) is 4.79 Å². The summed E-state index contributed by atoms with van der Waals surface area (Å²) in [4.78, 5) is 16.9. The van der Waals surface area contributed by atoms with Crippen LogP contribution in [0.4, 0.5) is 5.69 Å². The minimum Gasteiger partial charge on any atom is -0.387 e. The Bertz CT molecular complexity index is 655. The maximum absolute atomic E-state index is 12.6. The van der Waals surface area contributed by atoms with Gasteiger partial charge in [-0.25, -0.2) is 0 Å². The van der Waals surface area contributed by atoms with Crippen LogP contribution < -0.4 is 4.90 Å². The molecule has 25 heavy (non-hydrogen) atoms. The highest BCUT2D eigenvalue weighted by Crippen LogP contribution is 2.39. The van der Waals surface area contributed by atoms with Gasteiger partial charge >= 0.3 is 0 Å². The van der Waals surface area contributed by atoms with Gasteiger partial charge in [-0.2, -0.15) is 0 Å². The molecule has 2 fully saturated rings. The van der Waals surface area contributed by atoms with E-state index in [1.165, 1.54) is 18.4 Å². The van der Waals surface area contributed by atoms with Crippen LogP contribution in [0.5, 0.6) is 0 Å². The molecule has 0 spiro atoms. The average molecular weight is 342 g/mol. The second-order valence-electron chi connectivity index (χ2n) is 8.45. The van der Waals surface area contributed by atoms with E-state index in [0.717, 1.165) is 49.5 Å². The minimum atomic E-state index is -0.445. The third-order valence-electron chi connectivity index (χ3n) is 6.04. The zero-order valence-electron chi connectivity index (χ0n) is 15.4. The first-order valence-corrected chi connectivity index (χ1v) is 9.89. The zero-order chi connectivity index (χ0) is 17.6. The molecule has 0 aromatic heterocycles. The quantitative estimate of drug-likeness (QED) is 0.914. The van der Waals surface area contributed by atoms with Crippen molar-refractivity contribution >= 4 is 11.6 Å². The van der Waals surface area contributed by atoms with Crippen molar-refractivity contribution in [1.82, 2.24) is 4.90 Å². The molecule has 4 rings (SSSR count). The van der Waals surface area contributed by atoms with E-state index in [1.54, 1.807) is 0 Å². The average Bonchev–Trinajstić information content (AvgIpc) is 3.36. The SMILES string of the molecule is C[C@@H]1CCCN(C[C@H](O)c2ccc3c(c2)C[C@@H](C)N3C(=O)C2CC2)C1. The first-order valence-electron chi connectivity index (χ1n) is 9.89. The molecule has 3 atom stereocenters. The number of anilines is 1. The van der Waals surface area contributed by atoms with Crippen molar-refractivity contribution in [2.24, 2.45) is 11.8 Å². The highest BCUT2D eigenvalue weighted by Gasteiger charge is 2.39. The van der Waals surface area contributed by atoms with Crippen LogP contribution in [0.2, 0.25) is 0 Å². The van der Waals surface area contributed by atoms with E-state index in [1.807, 2.05) is 11.0 Å². The molecule has 1 saturated heterocycles. The zero-order valence-corrected chi connectivity index (χ0v) is 15.4. The van der Waals surface area contributed by atoms with Gasteiger partial charge in [0.15, 0.2) is 0 Å². The number of likely N-dealkylation sites (tertiary alicyclic amines) is 1. The Morgan fingerprint density at radius 3 is 2.80 bits per heavy atom. The van der Waals surface area contributed by atoms with E-state index in [9.17, 15) is 9.90 Å². The van der Waals surface area contributed by atoms with Gasteiger partial charge in [0.1, 0.15) is 0 Å². The lowest BCUT2D eigenvalue weighted by atomic mass is 9.98. The topological polar surface area (TPSA) is 43.8 Å². The fraction of sp³-hybridized carbons (Fsp3) is 0.667. The largest absolute Gasteiger partial charge is 0.387 e. The summed E-state index contributed by atoms with van der Waals surface area (Å²) < 4.78 is 0. The van der Waals surface area contributed by atoms with Crippen LogP contribution in [0.3, 0.4) is 0 Å². The second kappa shape index (κ2) is 6.73. The Labute approximate surface area is 150 Å². The molecule has 4 nitrogen and oxygen atoms in total. The molecule has 1 N–H and O–H groups in total. The first kappa shape index (κ1) is 17.0. The number of rotatable bonds is 4. The Morgan fingerprint density at radius 2 is 2.08 bits per heavy atom. The number of nitrogens with zero attached hydrogens (tertiary/aromatic N) is 2. The van der Waals surface area contributed by atoms with Crippen molar-refractivity contribution in [3.8, 4) is 0 Å². The summed E-state index contributed by atoms with van der Waals surface area (Å²) in [6.07, 6.45) is 5.07. The van der Waals surface area contributed by atoms with Crippen molar-refractivity contribution in [2.45, 2.75) is 58.1 Å². The number of aliphatic hydroxyl groups excluding tert-OH is 1. The molecule has 2 heterocycles. The molecular weight excluding hydrogens is 312 g/mol. The summed E-state index contributed by atoms with van der Waals surface area (Å²) in [6, 6.07) is 6.43. The maximum atomic E-state index is 12.6. The number of hydrogen-bond acceptors (Lipinski definition) is 3. The van der Waals surface area contributed by atoms with Gasteiger partial charge < -0.3 is 14.9 Å². The lowest BCUT2D eigenvalue weighted by Gasteiger charge is -2.32. The third kappa shape index (κ3) is 3.47. The summed E-state index contributed by atoms with van der Waals surface area (Å²) in [7, 11) is 0. The van der Waals surface area contributed by atoms with E-state index >= 15 is 0 Å². The lowest BCUT2D eigenvalue weighted by Crippen LogP contribution is -2.37. The molecule has 136 valence electrons. The number of hydrogen-bond donors (Lipinski definition) is 1. The van der Waals surface area contributed by atoms with Crippen LogP contribution in [-0.2, 0) is 11.2 Å². The number of piperidine rings is 1. The van der Waals surface area contributed by atoms with Crippen LogP contribution in [0.1, 0.15) is 56.8 Å². The number of carbonyl (C=O) groups excluding carboxylic acids is 1. The van der Waals surface area contributed by atoms with Gasteiger partial charge in [-0.15, -0.1) is 0 Å². The summed E-state index contributed by atoms with van der Waals surface area (Å²) >= 11 is 0. The Kier molecular flexibility index (Phi) is 4.59. The normalized spacial score (nSPS) is 28.0. The minimum absolute atomic E-state index is 0.235. The van der Waals surface area contributed by atoms with E-state index in [2.05, 4.69) is 30.9 Å². The third-order valence-corrected chi connectivity index (χ3v) is 6.04. The van der Waals surface area contributed by atoms with Gasteiger partial charge in [-0.1, -0.05) is 19.1 Å². The highest BCUT2D eigenvalue weighted by atomic mass is 16.3. The molecule has 1 aromatic carbocycles. The summed E-state index contributed by atoms with van der Waals surface area (Å²) in [5, 5.41) is 10.7. The van der Waals surface area contributed by atoms with Gasteiger partial charge in [-0.05, 0) is 68.7 Å². The molecule has 0 unspecified atom stereocenters. The summed E-state index contributed by atoms with van der Waals surface area (Å²) in [5.74, 6) is 1.27. The van der Waals surface area contributed by atoms with Crippen LogP contribution in [0.25, 0.3) is 0 Å². The van der Waals surface area contributed by atoms with E-state index in [-0.39, 0.29) is 12.0 Å². The maximum Gasteiger partial charge on any atom is 0.230 e. The molecule has 1 aromatic rings. The van der Waals surface area contributed by atoms with E-state index in [4.69, 9.17) is 0 Å². The van der Waals surface area contributed by atoms with Crippen LogP contribution in [0, 0.1) is 11.8 Å². The van der Waals surface area contributed by atoms with Gasteiger partial charge in [0.2, 0.25) is 5.91 Å². The Hall–Kier alpha value is -1.39. The second-order valence-corrected chi connectivity index (χ2v) is 8.45. The van der Waals surface area contributed by atoms with Crippen molar-refractivity contribution in [1.29, 1.82) is 0 Å². The smallest absolute Gasteiger partial charge is 0.230 e. The van der Waals surface area contributed by atoms with Crippen LogP contribution in [-0.4, -0.2) is 41.6 Å². The van der Waals surface area contributed by atoms with Crippen LogP contribution >= 0.6 is 0 Å². The fourth-order valence-electron chi connectivity index (χ4n) is 4.52. The van der Waals surface area contributed by atoms with Crippen molar-refractivity contribution in [2.75, 3.05) is 24.5 Å². The fourth-order valence-corrected chi connectivity index (χ4v) is 4.52. The molecule has 4 heteroatoms. The highest BCUT2D eigenvalue weighted by molar-refractivity contribution is 5.98. The van der Waals surface area contributed by atoms with Gasteiger partial charge in [0, 0.05) is 30.7 Å². The number of β-amino-alcohol motifs (C(OH)–C–C–N with tert-alkyl or cyclic N) is 1. The number of amides is 1. The first-order chi connectivity index (χ1) is 12.0. The molecule has 2 aliphatic heterocycles. The number of carbonyl (C=O) groups is 1. The van der Waals surface area contributed by atoms with Gasteiger partial charge in [0.25, 0.3) is 0 Å². The predicted molar refractivity (Wildman–Crippen MR) is 99.6 cm³/mol. The molecule has 3 aliphatic rings. The van der Waals surface area contributed by atoms with Gasteiger partial charge in [0.05, 0.1) is 6.10 Å². The molecular formula is C21H30N2O2. The lowest BCUT2D eigenvalue weighted by molar-refractivity contribution is -0.120. The molecule has 1 amide bonds. The van der Waals surface area contributed by atoms with Crippen LogP contribution in [0.15, 0.2) is 18.2 Å². The monoisotopic (exact) mass is 342 g/mol. The van der Waals surface area contributed by atoms with E-state index in [0.29, 0.717) is 12.5 Å². The predicted octanol–water partition coefficient (Wildman–Crippen LogP) is 3.14.